The van der Waals surface area contributed by atoms with Gasteiger partial charge in [0.1, 0.15) is 0 Å². The van der Waals surface area contributed by atoms with E-state index in [2.05, 4.69) is 9.97 Å². The van der Waals surface area contributed by atoms with E-state index in [1.54, 1.807) is 31.6 Å². The molecule has 14 heavy (non-hydrogen) atoms. The lowest BCUT2D eigenvalue weighted by molar-refractivity contribution is 0.112. The Hall–Kier alpha value is -1.97. The van der Waals surface area contributed by atoms with Crippen molar-refractivity contribution >= 4 is 6.29 Å². The Morgan fingerprint density at radius 2 is 2.29 bits per heavy atom. The van der Waals surface area contributed by atoms with Gasteiger partial charge in [0.15, 0.2) is 17.9 Å². The van der Waals surface area contributed by atoms with Crippen molar-refractivity contribution in [1.82, 2.24) is 9.97 Å². The summed E-state index contributed by atoms with van der Waals surface area (Å²) < 4.78 is 5.30. The third kappa shape index (κ3) is 1.42. The summed E-state index contributed by atoms with van der Waals surface area (Å²) in [5.41, 5.74) is 1.22. The van der Waals surface area contributed by atoms with E-state index >= 15 is 0 Å². The monoisotopic (exact) mass is 188 g/mol. The lowest BCUT2D eigenvalue weighted by Gasteiger charge is -1.97. The maximum atomic E-state index is 10.7. The summed E-state index contributed by atoms with van der Waals surface area (Å²) in [6.07, 6.45) is 5.51. The first-order valence-corrected chi connectivity index (χ1v) is 4.13. The molecule has 0 bridgehead atoms. The van der Waals surface area contributed by atoms with Crippen molar-refractivity contribution in [1.29, 1.82) is 0 Å². The van der Waals surface area contributed by atoms with E-state index < -0.39 is 0 Å². The first-order chi connectivity index (χ1) is 6.81. The van der Waals surface area contributed by atoms with Gasteiger partial charge in [0.05, 0.1) is 6.20 Å². The normalized spacial score (nSPS) is 10.1. The first-order valence-electron chi connectivity index (χ1n) is 4.13. The van der Waals surface area contributed by atoms with Crippen LogP contribution < -0.4 is 0 Å². The smallest absolute Gasteiger partial charge is 0.191 e. The number of oxazole rings is 1. The Morgan fingerprint density at radius 3 is 2.93 bits per heavy atom. The van der Waals surface area contributed by atoms with Crippen LogP contribution in [0.5, 0.6) is 0 Å². The van der Waals surface area contributed by atoms with Gasteiger partial charge in [-0.2, -0.15) is 0 Å². The van der Waals surface area contributed by atoms with Crippen LogP contribution in [-0.4, -0.2) is 16.3 Å². The van der Waals surface area contributed by atoms with Crippen molar-refractivity contribution in [3.8, 4) is 11.3 Å². The Bertz CT molecular complexity index is 463. The number of hydrogen-bond donors (Lipinski definition) is 0. The number of carbonyl (C=O) groups is 1. The van der Waals surface area contributed by atoms with Gasteiger partial charge in [-0.15, -0.1) is 0 Å². The topological polar surface area (TPSA) is 56.0 Å². The minimum absolute atomic E-state index is 0.552. The maximum Gasteiger partial charge on any atom is 0.191 e. The zero-order valence-electron chi connectivity index (χ0n) is 7.60. The molecule has 0 aromatic carbocycles. The van der Waals surface area contributed by atoms with Crippen LogP contribution in [0.2, 0.25) is 0 Å². The summed E-state index contributed by atoms with van der Waals surface area (Å²) in [5, 5.41) is 0. The largest absolute Gasteiger partial charge is 0.441 e. The Kier molecular flexibility index (Phi) is 2.10. The van der Waals surface area contributed by atoms with Gasteiger partial charge in [-0.05, 0) is 6.07 Å². The zero-order chi connectivity index (χ0) is 9.97. The van der Waals surface area contributed by atoms with E-state index in [0.29, 0.717) is 22.8 Å². The molecule has 70 valence electrons. The second kappa shape index (κ2) is 3.41. The van der Waals surface area contributed by atoms with Crippen molar-refractivity contribution in [3.05, 3.63) is 36.1 Å². The number of hydrogen-bond acceptors (Lipinski definition) is 4. The molecule has 0 saturated carbocycles. The number of rotatable bonds is 2. The van der Waals surface area contributed by atoms with E-state index in [9.17, 15) is 4.79 Å². The van der Waals surface area contributed by atoms with Crippen LogP contribution in [0.25, 0.3) is 11.3 Å². The van der Waals surface area contributed by atoms with E-state index in [1.807, 2.05) is 0 Å². The fourth-order valence-corrected chi connectivity index (χ4v) is 1.20. The molecule has 0 fully saturated rings. The molecule has 0 spiro atoms. The van der Waals surface area contributed by atoms with Gasteiger partial charge >= 0.3 is 0 Å². The van der Waals surface area contributed by atoms with E-state index in [1.165, 1.54) is 0 Å². The number of aldehydes is 1. The molecule has 4 heteroatoms. The highest BCUT2D eigenvalue weighted by atomic mass is 16.4. The van der Waals surface area contributed by atoms with Crippen molar-refractivity contribution in [2.45, 2.75) is 6.92 Å². The molecule has 2 heterocycles. The number of carbonyl (C=O) groups excluding carboxylic acids is 1. The highest BCUT2D eigenvalue weighted by Crippen LogP contribution is 2.21. The Labute approximate surface area is 80.6 Å². The minimum Gasteiger partial charge on any atom is -0.441 e. The quantitative estimate of drug-likeness (QED) is 0.675. The van der Waals surface area contributed by atoms with Crippen LogP contribution in [-0.2, 0) is 0 Å². The second-order valence-electron chi connectivity index (χ2n) is 2.82. The zero-order valence-corrected chi connectivity index (χ0v) is 7.60. The molecule has 0 radical (unpaired) electrons. The second-order valence-corrected chi connectivity index (χ2v) is 2.82. The number of pyridine rings is 1. The standard InChI is InChI=1S/C10H8N2O2/c1-7-12-5-10(14-7)9-4-11-3-2-8(9)6-13/h2-6H,1H3. The first kappa shape index (κ1) is 8.62. The molecule has 0 N–H and O–H groups in total. The summed E-state index contributed by atoms with van der Waals surface area (Å²) in [6, 6.07) is 1.64. The molecule has 2 rings (SSSR count). The molecule has 0 atom stereocenters. The third-order valence-electron chi connectivity index (χ3n) is 1.87. The maximum absolute atomic E-state index is 10.7. The van der Waals surface area contributed by atoms with Crippen LogP contribution in [0.1, 0.15) is 16.2 Å². The fourth-order valence-electron chi connectivity index (χ4n) is 1.20. The summed E-state index contributed by atoms with van der Waals surface area (Å²) in [5.74, 6) is 1.14. The van der Waals surface area contributed by atoms with E-state index in [0.717, 1.165) is 6.29 Å². The molecule has 0 unspecified atom stereocenters. The molecule has 2 aromatic rings. The fraction of sp³-hybridized carbons (Fsp3) is 0.100. The van der Waals surface area contributed by atoms with E-state index in [4.69, 9.17) is 4.42 Å². The van der Waals surface area contributed by atoms with Crippen LogP contribution in [0.3, 0.4) is 0 Å². The molecule has 0 aliphatic heterocycles. The van der Waals surface area contributed by atoms with Crippen molar-refractivity contribution in [2.24, 2.45) is 0 Å². The van der Waals surface area contributed by atoms with Gasteiger partial charge in [-0.3, -0.25) is 9.78 Å². The Morgan fingerprint density at radius 1 is 1.43 bits per heavy atom. The molecule has 0 aliphatic rings. The SMILES string of the molecule is Cc1ncc(-c2cnccc2C=O)o1. The highest BCUT2D eigenvalue weighted by Gasteiger charge is 2.08. The lowest BCUT2D eigenvalue weighted by atomic mass is 10.1. The van der Waals surface area contributed by atoms with E-state index in [-0.39, 0.29) is 0 Å². The number of aromatic nitrogens is 2. The molecule has 2 aromatic heterocycles. The van der Waals surface area contributed by atoms with Crippen molar-refractivity contribution in [3.63, 3.8) is 0 Å². The predicted molar refractivity (Wildman–Crippen MR) is 49.9 cm³/mol. The van der Waals surface area contributed by atoms with Crippen LogP contribution in [0.4, 0.5) is 0 Å². The average molecular weight is 188 g/mol. The molecule has 0 saturated heterocycles. The summed E-state index contributed by atoms with van der Waals surface area (Å²) in [4.78, 5) is 18.6. The van der Waals surface area contributed by atoms with Crippen LogP contribution in [0, 0.1) is 6.92 Å². The average Bonchev–Trinajstić information content (AvgIpc) is 2.65. The molecule has 0 aliphatic carbocycles. The Balaban J connectivity index is 2.55. The van der Waals surface area contributed by atoms with Crippen molar-refractivity contribution in [2.75, 3.05) is 0 Å². The summed E-state index contributed by atoms with van der Waals surface area (Å²) >= 11 is 0. The lowest BCUT2D eigenvalue weighted by Crippen LogP contribution is -1.86. The van der Waals surface area contributed by atoms with Gasteiger partial charge in [0, 0.05) is 30.4 Å². The van der Waals surface area contributed by atoms with Gasteiger partial charge in [-0.25, -0.2) is 4.98 Å². The summed E-state index contributed by atoms with van der Waals surface area (Å²) in [6.45, 7) is 1.75. The van der Waals surface area contributed by atoms with Crippen LogP contribution in [0.15, 0.2) is 29.1 Å². The third-order valence-corrected chi connectivity index (χ3v) is 1.87. The van der Waals surface area contributed by atoms with Crippen molar-refractivity contribution < 1.29 is 9.21 Å². The van der Waals surface area contributed by atoms with Crippen LogP contribution >= 0.6 is 0 Å². The van der Waals surface area contributed by atoms with Gasteiger partial charge in [0.25, 0.3) is 0 Å². The minimum atomic E-state index is 0.552. The summed E-state index contributed by atoms with van der Waals surface area (Å²) in [7, 11) is 0. The number of nitrogens with zero attached hydrogens (tertiary/aromatic N) is 2. The molecular weight excluding hydrogens is 180 g/mol. The molecular formula is C10H8N2O2. The molecule has 0 amide bonds. The van der Waals surface area contributed by atoms with Gasteiger partial charge in [-0.1, -0.05) is 0 Å². The highest BCUT2D eigenvalue weighted by molar-refractivity contribution is 5.85. The number of aryl methyl sites for hydroxylation is 1. The van der Waals surface area contributed by atoms with Gasteiger partial charge in [0.2, 0.25) is 0 Å². The molecule has 4 nitrogen and oxygen atoms in total. The predicted octanol–water partition coefficient (Wildman–Crippen LogP) is 1.86. The van der Waals surface area contributed by atoms with Gasteiger partial charge < -0.3 is 4.42 Å².